The van der Waals surface area contributed by atoms with Crippen molar-refractivity contribution in [2.75, 3.05) is 11.9 Å². The lowest BCUT2D eigenvalue weighted by Crippen LogP contribution is -2.30. The van der Waals surface area contributed by atoms with Gasteiger partial charge in [-0.05, 0) is 73.1 Å². The van der Waals surface area contributed by atoms with E-state index in [9.17, 15) is 22.8 Å². The van der Waals surface area contributed by atoms with E-state index in [2.05, 4.69) is 36.1 Å². The van der Waals surface area contributed by atoms with E-state index < -0.39 is 24.8 Å². The Labute approximate surface area is 211 Å². The fourth-order valence-electron chi connectivity index (χ4n) is 5.31. The molecular weight excluding hydrogens is 489 g/mol. The highest BCUT2D eigenvalue weighted by Gasteiger charge is 2.35. The molecule has 1 saturated carbocycles. The number of hydrogen-bond donors (Lipinski definition) is 3. The average molecular weight is 519 g/mol. The van der Waals surface area contributed by atoms with Gasteiger partial charge >= 0.3 is 12.3 Å². The number of rotatable bonds is 7. The van der Waals surface area contributed by atoms with Crippen LogP contribution in [0.5, 0.6) is 5.75 Å². The number of carboxylic acids is 1. The number of nitrogens with zero attached hydrogens (tertiary/aromatic N) is 2. The first-order valence-electron chi connectivity index (χ1n) is 11.9. The Morgan fingerprint density at radius 2 is 1.86 bits per heavy atom. The van der Waals surface area contributed by atoms with Gasteiger partial charge in [0.05, 0.1) is 11.0 Å². The molecule has 0 spiro atoms. The van der Waals surface area contributed by atoms with Crippen molar-refractivity contribution in [2.45, 2.75) is 52.4 Å². The third-order valence-corrected chi connectivity index (χ3v) is 6.42. The second-order valence-electron chi connectivity index (χ2n) is 10.3. The number of carbonyl (C=O) groups is 2. The first-order valence-corrected chi connectivity index (χ1v) is 11.9. The number of imidazole rings is 1. The van der Waals surface area contributed by atoms with Gasteiger partial charge in [-0.1, -0.05) is 20.8 Å². The van der Waals surface area contributed by atoms with Gasteiger partial charge in [-0.3, -0.25) is 9.59 Å². The Morgan fingerprint density at radius 3 is 2.49 bits per heavy atom. The number of ether oxygens (including phenoxy) is 1. The number of carbonyl (C=O) groups excluding carboxylic acids is 1. The molecule has 8 nitrogen and oxygen atoms in total. The number of nitrogens with one attached hydrogen (secondary N) is 2. The SMILES string of the molecule is C[C@H]1CC(n2c(Nc3ccc(OC(F)(F)F)cc3)nc3ccc(C(=O)NCC(=O)O)cc32)CC(C)(C)C1. The van der Waals surface area contributed by atoms with Gasteiger partial charge in [-0.2, -0.15) is 0 Å². The van der Waals surface area contributed by atoms with Crippen LogP contribution in [0.15, 0.2) is 42.5 Å². The number of aliphatic carboxylic acids is 1. The highest BCUT2D eigenvalue weighted by molar-refractivity contribution is 5.99. The molecule has 37 heavy (non-hydrogen) atoms. The van der Waals surface area contributed by atoms with E-state index in [0.717, 1.165) is 19.3 Å². The fraction of sp³-hybridized carbons (Fsp3) is 0.423. The van der Waals surface area contributed by atoms with E-state index >= 15 is 0 Å². The predicted molar refractivity (Wildman–Crippen MR) is 132 cm³/mol. The number of hydrogen-bond acceptors (Lipinski definition) is 5. The molecule has 3 aromatic rings. The van der Waals surface area contributed by atoms with E-state index in [0.29, 0.717) is 34.2 Å². The summed E-state index contributed by atoms with van der Waals surface area (Å²) in [5.41, 5.74) is 2.23. The van der Waals surface area contributed by atoms with Gasteiger partial charge in [0.25, 0.3) is 5.91 Å². The Bertz CT molecular complexity index is 1300. The second-order valence-corrected chi connectivity index (χ2v) is 10.3. The normalized spacial score (nSPS) is 19.4. The molecule has 1 aliphatic carbocycles. The summed E-state index contributed by atoms with van der Waals surface area (Å²) in [5.74, 6) is -1.04. The smallest absolute Gasteiger partial charge is 0.480 e. The molecular formula is C26H29F3N4O4. The van der Waals surface area contributed by atoms with Crippen LogP contribution in [-0.4, -0.2) is 39.4 Å². The number of amides is 1. The number of anilines is 2. The minimum Gasteiger partial charge on any atom is -0.480 e. The lowest BCUT2D eigenvalue weighted by Gasteiger charge is -2.40. The summed E-state index contributed by atoms with van der Waals surface area (Å²) in [6.45, 7) is 6.13. The summed E-state index contributed by atoms with van der Waals surface area (Å²) in [6.07, 6.45) is -1.95. The standard InChI is InChI=1S/C26H29F3N4O4/c1-15-10-18(13-25(2,3)12-15)33-21-11-16(23(36)30-14-22(34)35)4-9-20(21)32-24(33)31-17-5-7-19(8-6-17)37-26(27,28)29/h4-9,11,15,18H,10,12-14H2,1-3H3,(H,30,36)(H,31,32)(H,34,35)/t15-,18?/m0/s1. The van der Waals surface area contributed by atoms with Crippen molar-refractivity contribution in [3.05, 3.63) is 48.0 Å². The molecule has 1 heterocycles. The molecule has 0 radical (unpaired) electrons. The topological polar surface area (TPSA) is 105 Å². The molecule has 198 valence electrons. The Morgan fingerprint density at radius 1 is 1.16 bits per heavy atom. The summed E-state index contributed by atoms with van der Waals surface area (Å²) in [6, 6.07) is 10.4. The first kappa shape index (κ1) is 26.3. The van der Waals surface area contributed by atoms with Crippen LogP contribution in [0.2, 0.25) is 0 Å². The van der Waals surface area contributed by atoms with E-state index in [4.69, 9.17) is 10.1 Å². The van der Waals surface area contributed by atoms with Crippen LogP contribution in [0.4, 0.5) is 24.8 Å². The van der Waals surface area contributed by atoms with Crippen molar-refractivity contribution in [1.29, 1.82) is 0 Å². The Hall–Kier alpha value is -3.76. The molecule has 0 aliphatic heterocycles. The van der Waals surface area contributed by atoms with Crippen LogP contribution in [-0.2, 0) is 4.79 Å². The van der Waals surface area contributed by atoms with Crippen molar-refractivity contribution >= 4 is 34.5 Å². The van der Waals surface area contributed by atoms with Crippen LogP contribution in [0.1, 0.15) is 56.4 Å². The van der Waals surface area contributed by atoms with Crippen molar-refractivity contribution < 1.29 is 32.6 Å². The van der Waals surface area contributed by atoms with Crippen molar-refractivity contribution in [1.82, 2.24) is 14.9 Å². The summed E-state index contributed by atoms with van der Waals surface area (Å²) >= 11 is 0. The number of carboxylic acid groups (broad SMARTS) is 1. The third kappa shape index (κ3) is 6.52. The average Bonchev–Trinajstić information content (AvgIpc) is 3.13. The monoisotopic (exact) mass is 518 g/mol. The molecule has 3 N–H and O–H groups in total. The van der Waals surface area contributed by atoms with E-state index in [1.165, 1.54) is 24.3 Å². The van der Waals surface area contributed by atoms with Crippen LogP contribution >= 0.6 is 0 Å². The number of aromatic nitrogens is 2. The van der Waals surface area contributed by atoms with E-state index in [-0.39, 0.29) is 17.2 Å². The molecule has 1 aromatic heterocycles. The van der Waals surface area contributed by atoms with Gasteiger partial charge in [0, 0.05) is 17.3 Å². The number of fused-ring (bicyclic) bond motifs is 1. The summed E-state index contributed by atoms with van der Waals surface area (Å²) in [4.78, 5) is 28.1. The lowest BCUT2D eigenvalue weighted by molar-refractivity contribution is -0.274. The Kier molecular flexibility index (Phi) is 7.07. The molecule has 1 fully saturated rings. The van der Waals surface area contributed by atoms with Crippen molar-refractivity contribution in [3.63, 3.8) is 0 Å². The quantitative estimate of drug-likeness (QED) is 0.361. The van der Waals surface area contributed by atoms with Crippen molar-refractivity contribution in [3.8, 4) is 5.75 Å². The number of benzene rings is 2. The minimum absolute atomic E-state index is 0.0522. The van der Waals surface area contributed by atoms with Crippen LogP contribution in [0, 0.1) is 11.3 Å². The third-order valence-electron chi connectivity index (χ3n) is 6.42. The zero-order valence-corrected chi connectivity index (χ0v) is 20.7. The summed E-state index contributed by atoms with van der Waals surface area (Å²) < 4.78 is 43.6. The Balaban J connectivity index is 1.72. The minimum atomic E-state index is -4.78. The number of alkyl halides is 3. The second kappa shape index (κ2) is 9.95. The fourth-order valence-corrected chi connectivity index (χ4v) is 5.31. The van der Waals surface area contributed by atoms with E-state index in [1.54, 1.807) is 18.2 Å². The summed E-state index contributed by atoms with van der Waals surface area (Å²) in [5, 5.41) is 14.5. The maximum Gasteiger partial charge on any atom is 0.573 e. The zero-order chi connectivity index (χ0) is 27.0. The molecule has 1 aliphatic rings. The summed E-state index contributed by atoms with van der Waals surface area (Å²) in [7, 11) is 0. The highest BCUT2D eigenvalue weighted by Crippen LogP contribution is 2.46. The largest absolute Gasteiger partial charge is 0.573 e. The van der Waals surface area contributed by atoms with Gasteiger partial charge in [0.15, 0.2) is 0 Å². The molecule has 2 atom stereocenters. The molecule has 1 amide bonds. The maximum absolute atomic E-state index is 12.6. The van der Waals surface area contributed by atoms with Gasteiger partial charge in [-0.25, -0.2) is 4.98 Å². The van der Waals surface area contributed by atoms with Gasteiger partial charge in [-0.15, -0.1) is 13.2 Å². The van der Waals surface area contributed by atoms with Gasteiger partial charge in [0.1, 0.15) is 12.3 Å². The highest BCUT2D eigenvalue weighted by atomic mass is 19.4. The zero-order valence-electron chi connectivity index (χ0n) is 20.7. The lowest BCUT2D eigenvalue weighted by atomic mass is 9.70. The van der Waals surface area contributed by atoms with Crippen LogP contribution in [0.25, 0.3) is 11.0 Å². The molecule has 11 heteroatoms. The molecule has 2 aromatic carbocycles. The molecule has 0 saturated heterocycles. The maximum atomic E-state index is 12.6. The first-order chi connectivity index (χ1) is 17.3. The van der Waals surface area contributed by atoms with Crippen molar-refractivity contribution in [2.24, 2.45) is 11.3 Å². The van der Waals surface area contributed by atoms with Gasteiger partial charge < -0.3 is 25.0 Å². The number of halogens is 3. The predicted octanol–water partition coefficient (Wildman–Crippen LogP) is 5.88. The molecule has 4 rings (SSSR count). The molecule has 0 bridgehead atoms. The van der Waals surface area contributed by atoms with Crippen LogP contribution < -0.4 is 15.4 Å². The van der Waals surface area contributed by atoms with E-state index in [1.807, 2.05) is 4.57 Å². The molecule has 1 unspecified atom stereocenters. The van der Waals surface area contributed by atoms with Crippen LogP contribution in [0.3, 0.4) is 0 Å². The van der Waals surface area contributed by atoms with Gasteiger partial charge in [0.2, 0.25) is 5.95 Å².